The lowest BCUT2D eigenvalue weighted by Crippen LogP contribution is -2.19. The van der Waals surface area contributed by atoms with Crippen molar-refractivity contribution in [1.29, 1.82) is 0 Å². The van der Waals surface area contributed by atoms with Gasteiger partial charge >= 0.3 is 0 Å². The smallest absolute Gasteiger partial charge is 0.289 e. The molecule has 9 nitrogen and oxygen atoms in total. The summed E-state index contributed by atoms with van der Waals surface area (Å²) in [5.74, 6) is 0.182. The number of non-ortho nitro benzene ring substituents is 1. The molecule has 0 saturated carbocycles. The fraction of sp³-hybridized carbons (Fsp3) is 0.0800. The number of nitrogens with zero attached hydrogens (tertiary/aromatic N) is 3. The molecule has 4 aromatic rings. The highest BCUT2D eigenvalue weighted by molar-refractivity contribution is 6.31. The number of hydrogen-bond donors (Lipinski definition) is 2. The summed E-state index contributed by atoms with van der Waals surface area (Å²) in [6.07, 6.45) is 0. The fourth-order valence-corrected chi connectivity index (χ4v) is 3.38. The Morgan fingerprint density at radius 3 is 2.63 bits per heavy atom. The highest BCUT2D eigenvalue weighted by Gasteiger charge is 2.12. The van der Waals surface area contributed by atoms with Crippen molar-refractivity contribution in [1.82, 2.24) is 15.6 Å². The Bertz CT molecular complexity index is 1400. The van der Waals surface area contributed by atoms with Crippen LogP contribution in [-0.4, -0.2) is 26.7 Å². The molecule has 0 aliphatic rings. The SMILES string of the molecule is CC(=NNC(=O)c1cc(-c2ccc(OCc3ccccc3Cl)cc2)n[nH]1)c1cccc([N+](=O)[O-])c1. The summed E-state index contributed by atoms with van der Waals surface area (Å²) in [6.45, 7) is 2.00. The highest BCUT2D eigenvalue weighted by Crippen LogP contribution is 2.23. The van der Waals surface area contributed by atoms with Crippen molar-refractivity contribution in [2.45, 2.75) is 13.5 Å². The Morgan fingerprint density at radius 1 is 1.11 bits per heavy atom. The number of ether oxygens (including phenoxy) is 1. The number of carbonyl (C=O) groups is 1. The molecule has 3 aromatic carbocycles. The van der Waals surface area contributed by atoms with Crippen LogP contribution in [0.4, 0.5) is 5.69 Å². The van der Waals surface area contributed by atoms with Crippen molar-refractivity contribution >= 4 is 28.9 Å². The molecule has 1 heterocycles. The maximum Gasteiger partial charge on any atom is 0.289 e. The Kier molecular flexibility index (Phi) is 7.18. The van der Waals surface area contributed by atoms with E-state index in [9.17, 15) is 14.9 Å². The molecule has 0 atom stereocenters. The second-order valence-corrected chi connectivity index (χ2v) is 7.92. The first kappa shape index (κ1) is 23.7. The van der Waals surface area contributed by atoms with Crippen LogP contribution in [0.2, 0.25) is 5.02 Å². The van der Waals surface area contributed by atoms with E-state index >= 15 is 0 Å². The van der Waals surface area contributed by atoms with Crippen LogP contribution in [0.25, 0.3) is 11.3 Å². The summed E-state index contributed by atoms with van der Waals surface area (Å²) >= 11 is 6.16. The summed E-state index contributed by atoms with van der Waals surface area (Å²) < 4.78 is 5.79. The van der Waals surface area contributed by atoms with E-state index in [0.717, 1.165) is 11.1 Å². The number of nitro benzene ring substituents is 1. The zero-order valence-corrected chi connectivity index (χ0v) is 19.3. The van der Waals surface area contributed by atoms with Crippen LogP contribution < -0.4 is 10.2 Å². The van der Waals surface area contributed by atoms with Crippen molar-refractivity contribution in [3.05, 3.63) is 111 Å². The van der Waals surface area contributed by atoms with E-state index in [-0.39, 0.29) is 11.4 Å². The minimum atomic E-state index is -0.492. The molecule has 35 heavy (non-hydrogen) atoms. The molecule has 1 amide bonds. The molecule has 2 N–H and O–H groups in total. The number of nitro groups is 1. The van der Waals surface area contributed by atoms with Gasteiger partial charge in [0.1, 0.15) is 18.1 Å². The standard InChI is InChI=1S/C25H20ClN5O4/c1-16(18-6-4-7-20(13-18)31(33)34)27-30-25(32)24-14-23(28-29-24)17-9-11-21(12-10-17)35-15-19-5-2-3-8-22(19)26/h2-14H,15H2,1H3,(H,28,29)(H,30,32). The van der Waals surface area contributed by atoms with Gasteiger partial charge in [-0.3, -0.25) is 20.0 Å². The van der Waals surface area contributed by atoms with Gasteiger partial charge in [-0.1, -0.05) is 41.9 Å². The first-order valence-corrected chi connectivity index (χ1v) is 10.9. The lowest BCUT2D eigenvalue weighted by molar-refractivity contribution is -0.384. The van der Waals surface area contributed by atoms with E-state index in [4.69, 9.17) is 16.3 Å². The predicted octanol–water partition coefficient (Wildman–Crippen LogP) is 5.37. The Labute approximate surface area is 205 Å². The molecule has 0 saturated heterocycles. The molecule has 0 fully saturated rings. The molecule has 10 heteroatoms. The van der Waals surface area contributed by atoms with Gasteiger partial charge in [0.05, 0.1) is 16.3 Å². The van der Waals surface area contributed by atoms with Crippen molar-refractivity contribution in [3.8, 4) is 17.0 Å². The summed E-state index contributed by atoms with van der Waals surface area (Å²) in [6, 6.07) is 22.4. The molecule has 0 bridgehead atoms. The van der Waals surface area contributed by atoms with Crippen molar-refractivity contribution in [2.24, 2.45) is 5.10 Å². The summed E-state index contributed by atoms with van der Waals surface area (Å²) in [5, 5.41) is 22.5. The fourth-order valence-electron chi connectivity index (χ4n) is 3.19. The molecule has 4 rings (SSSR count). The lowest BCUT2D eigenvalue weighted by atomic mass is 10.1. The summed E-state index contributed by atoms with van der Waals surface area (Å²) in [4.78, 5) is 22.9. The molecule has 1 aromatic heterocycles. The number of aromatic nitrogens is 2. The van der Waals surface area contributed by atoms with Crippen LogP contribution in [-0.2, 0) is 6.61 Å². The molecule has 0 unspecified atom stereocenters. The normalized spacial score (nSPS) is 11.2. The second-order valence-electron chi connectivity index (χ2n) is 7.52. The van der Waals surface area contributed by atoms with Gasteiger partial charge in [0, 0.05) is 33.8 Å². The molecular formula is C25H20ClN5O4. The number of nitrogens with one attached hydrogen (secondary N) is 2. The number of H-pyrrole nitrogens is 1. The largest absolute Gasteiger partial charge is 0.489 e. The molecule has 0 radical (unpaired) electrons. The monoisotopic (exact) mass is 489 g/mol. The minimum absolute atomic E-state index is 0.0538. The van der Waals surface area contributed by atoms with E-state index in [1.165, 1.54) is 12.1 Å². The molecule has 176 valence electrons. The number of rotatable bonds is 8. The van der Waals surface area contributed by atoms with Crippen molar-refractivity contribution < 1.29 is 14.5 Å². The number of halogens is 1. The van der Waals surface area contributed by atoms with Gasteiger partial charge in [0.25, 0.3) is 11.6 Å². The third-order valence-electron chi connectivity index (χ3n) is 5.12. The maximum atomic E-state index is 12.5. The third-order valence-corrected chi connectivity index (χ3v) is 5.49. The van der Waals surface area contributed by atoms with Crippen LogP contribution in [0.3, 0.4) is 0 Å². The van der Waals surface area contributed by atoms with Gasteiger partial charge in [-0.25, -0.2) is 5.43 Å². The maximum absolute atomic E-state index is 12.5. The predicted molar refractivity (Wildman–Crippen MR) is 133 cm³/mol. The Morgan fingerprint density at radius 2 is 1.89 bits per heavy atom. The summed E-state index contributed by atoms with van der Waals surface area (Å²) in [7, 11) is 0. The van der Waals surface area contributed by atoms with E-state index in [2.05, 4.69) is 20.7 Å². The van der Waals surface area contributed by atoms with Crippen LogP contribution in [0.5, 0.6) is 5.75 Å². The second kappa shape index (κ2) is 10.6. The first-order chi connectivity index (χ1) is 16.9. The van der Waals surface area contributed by atoms with E-state index in [1.54, 1.807) is 25.1 Å². The van der Waals surface area contributed by atoms with Crippen molar-refractivity contribution in [2.75, 3.05) is 0 Å². The quantitative estimate of drug-likeness (QED) is 0.195. The van der Waals surface area contributed by atoms with Gasteiger partial charge in [0.15, 0.2) is 0 Å². The average molecular weight is 490 g/mol. The van der Waals surface area contributed by atoms with Gasteiger partial charge < -0.3 is 4.74 Å². The van der Waals surface area contributed by atoms with E-state index in [0.29, 0.717) is 34.3 Å². The number of amides is 1. The highest BCUT2D eigenvalue weighted by atomic mass is 35.5. The number of hydrazone groups is 1. The van der Waals surface area contributed by atoms with Crippen molar-refractivity contribution in [3.63, 3.8) is 0 Å². The lowest BCUT2D eigenvalue weighted by Gasteiger charge is -2.08. The molecule has 0 aliphatic carbocycles. The zero-order valence-electron chi connectivity index (χ0n) is 18.6. The first-order valence-electron chi connectivity index (χ1n) is 10.5. The number of benzene rings is 3. The number of hydrogen-bond acceptors (Lipinski definition) is 6. The molecular weight excluding hydrogens is 470 g/mol. The summed E-state index contributed by atoms with van der Waals surface area (Å²) in [5.41, 5.74) is 5.81. The van der Waals surface area contributed by atoms with Gasteiger partial charge in [-0.2, -0.15) is 10.2 Å². The van der Waals surface area contributed by atoms with Crippen LogP contribution in [0, 0.1) is 10.1 Å². The minimum Gasteiger partial charge on any atom is -0.489 e. The van der Waals surface area contributed by atoms with Gasteiger partial charge in [0.2, 0.25) is 0 Å². The van der Waals surface area contributed by atoms with Crippen LogP contribution in [0.1, 0.15) is 28.5 Å². The zero-order chi connectivity index (χ0) is 24.8. The third kappa shape index (κ3) is 5.90. The molecule has 0 spiro atoms. The average Bonchev–Trinajstić information content (AvgIpc) is 3.37. The number of aromatic amines is 1. The Balaban J connectivity index is 1.38. The number of carbonyl (C=O) groups excluding carboxylic acids is 1. The van der Waals surface area contributed by atoms with Gasteiger partial charge in [-0.05, 0) is 43.3 Å². The van der Waals surface area contributed by atoms with E-state index in [1.807, 2.05) is 48.5 Å². The topological polar surface area (TPSA) is 123 Å². The van der Waals surface area contributed by atoms with Gasteiger partial charge in [-0.15, -0.1) is 0 Å². The van der Waals surface area contributed by atoms with Crippen LogP contribution >= 0.6 is 11.6 Å². The Hall–Kier alpha value is -4.50. The molecule has 0 aliphatic heterocycles. The van der Waals surface area contributed by atoms with E-state index < -0.39 is 10.8 Å². The van der Waals surface area contributed by atoms with Crippen LogP contribution in [0.15, 0.2) is 84.0 Å².